The van der Waals surface area contributed by atoms with Gasteiger partial charge in [-0.15, -0.1) is 0 Å². The van der Waals surface area contributed by atoms with Crippen LogP contribution in [0.5, 0.6) is 11.5 Å². The molecule has 0 aliphatic carbocycles. The SMILES string of the molecule is CC(COc1c2ccccc2c(OCC(C)OC(=O)Nc2cccc3ccccc23)c2ccccc12)OC(=O)Nc1cccc2ccccc12. The summed E-state index contributed by atoms with van der Waals surface area (Å²) in [5.41, 5.74) is 1.36. The van der Waals surface area contributed by atoms with Gasteiger partial charge in [0.2, 0.25) is 0 Å². The second-order valence-corrected chi connectivity index (χ2v) is 12.1. The molecule has 0 saturated carbocycles. The van der Waals surface area contributed by atoms with E-state index in [4.69, 9.17) is 18.9 Å². The fourth-order valence-corrected chi connectivity index (χ4v) is 6.14. The number of benzene rings is 7. The van der Waals surface area contributed by atoms with Crippen LogP contribution < -0.4 is 20.1 Å². The van der Waals surface area contributed by atoms with Crippen molar-refractivity contribution in [3.63, 3.8) is 0 Å². The average molecular weight is 665 g/mol. The van der Waals surface area contributed by atoms with Crippen molar-refractivity contribution in [2.75, 3.05) is 23.8 Å². The van der Waals surface area contributed by atoms with Crippen LogP contribution in [0, 0.1) is 0 Å². The molecule has 8 nitrogen and oxygen atoms in total. The molecule has 0 aliphatic heterocycles. The van der Waals surface area contributed by atoms with E-state index >= 15 is 0 Å². The molecule has 250 valence electrons. The summed E-state index contributed by atoms with van der Waals surface area (Å²) in [5, 5.41) is 13.0. The average Bonchev–Trinajstić information content (AvgIpc) is 3.13. The topological polar surface area (TPSA) is 95.1 Å². The van der Waals surface area contributed by atoms with Crippen LogP contribution in [0.3, 0.4) is 0 Å². The monoisotopic (exact) mass is 664 g/mol. The number of carbonyl (C=O) groups excluding carboxylic acids is 2. The van der Waals surface area contributed by atoms with E-state index in [2.05, 4.69) is 10.6 Å². The Morgan fingerprint density at radius 2 is 0.780 bits per heavy atom. The highest BCUT2D eigenvalue weighted by Gasteiger charge is 2.20. The van der Waals surface area contributed by atoms with Crippen LogP contribution in [-0.4, -0.2) is 37.6 Å². The molecule has 2 amide bonds. The van der Waals surface area contributed by atoms with Crippen molar-refractivity contribution in [1.82, 2.24) is 0 Å². The number of carbonyl (C=O) groups is 2. The summed E-state index contributed by atoms with van der Waals surface area (Å²) >= 11 is 0. The van der Waals surface area contributed by atoms with Gasteiger partial charge in [-0.05, 0) is 36.8 Å². The van der Waals surface area contributed by atoms with Crippen molar-refractivity contribution in [3.8, 4) is 11.5 Å². The smallest absolute Gasteiger partial charge is 0.412 e. The summed E-state index contributed by atoms with van der Waals surface area (Å²) in [6.07, 6.45) is -2.20. The molecular weight excluding hydrogens is 628 g/mol. The maximum Gasteiger partial charge on any atom is 0.412 e. The van der Waals surface area contributed by atoms with E-state index in [1.807, 2.05) is 133 Å². The van der Waals surface area contributed by atoms with Gasteiger partial charge in [0.05, 0.1) is 11.4 Å². The number of ether oxygens (including phenoxy) is 4. The number of hydrogen-bond donors (Lipinski definition) is 2. The number of amides is 2. The fraction of sp³-hybridized carbons (Fsp3) is 0.143. The normalized spacial score (nSPS) is 12.4. The highest BCUT2D eigenvalue weighted by Crippen LogP contribution is 2.43. The lowest BCUT2D eigenvalue weighted by Gasteiger charge is -2.21. The van der Waals surface area contributed by atoms with E-state index in [-0.39, 0.29) is 13.2 Å². The van der Waals surface area contributed by atoms with Gasteiger partial charge in [-0.3, -0.25) is 10.6 Å². The molecular formula is C42H36N2O6. The minimum absolute atomic E-state index is 0.133. The number of fused-ring (bicyclic) bond motifs is 4. The number of anilines is 2. The second-order valence-electron chi connectivity index (χ2n) is 12.1. The molecule has 7 aromatic carbocycles. The van der Waals surface area contributed by atoms with Gasteiger partial charge in [0.1, 0.15) is 36.9 Å². The molecule has 0 fully saturated rings. The first-order chi connectivity index (χ1) is 24.4. The number of rotatable bonds is 10. The van der Waals surface area contributed by atoms with Gasteiger partial charge < -0.3 is 18.9 Å². The molecule has 2 atom stereocenters. The van der Waals surface area contributed by atoms with E-state index in [0.717, 1.165) is 43.1 Å². The molecule has 8 heteroatoms. The molecule has 7 rings (SSSR count). The van der Waals surface area contributed by atoms with E-state index in [9.17, 15) is 9.59 Å². The van der Waals surface area contributed by atoms with Gasteiger partial charge >= 0.3 is 12.2 Å². The van der Waals surface area contributed by atoms with Crippen molar-refractivity contribution in [2.24, 2.45) is 0 Å². The van der Waals surface area contributed by atoms with Crippen LogP contribution >= 0.6 is 0 Å². The zero-order chi connectivity index (χ0) is 34.5. The Morgan fingerprint density at radius 3 is 1.16 bits per heavy atom. The minimum atomic E-state index is -0.557. The highest BCUT2D eigenvalue weighted by molar-refractivity contribution is 6.11. The predicted octanol–water partition coefficient (Wildman–Crippen LogP) is 10.3. The van der Waals surface area contributed by atoms with Crippen molar-refractivity contribution in [3.05, 3.63) is 133 Å². The first-order valence-electron chi connectivity index (χ1n) is 16.5. The lowest BCUT2D eigenvalue weighted by Crippen LogP contribution is -2.25. The van der Waals surface area contributed by atoms with Gasteiger partial charge in [0.25, 0.3) is 0 Å². The van der Waals surface area contributed by atoms with Crippen LogP contribution in [0.15, 0.2) is 133 Å². The Hall–Kier alpha value is -6.28. The first kappa shape index (κ1) is 32.3. The molecule has 7 aromatic rings. The largest absolute Gasteiger partial charge is 0.488 e. The summed E-state index contributed by atoms with van der Waals surface area (Å²) < 4.78 is 24.2. The van der Waals surface area contributed by atoms with Crippen molar-refractivity contribution >= 4 is 66.7 Å². The van der Waals surface area contributed by atoms with E-state index in [0.29, 0.717) is 22.9 Å². The summed E-state index contributed by atoms with van der Waals surface area (Å²) in [4.78, 5) is 25.7. The highest BCUT2D eigenvalue weighted by atomic mass is 16.6. The molecule has 0 bridgehead atoms. The maximum absolute atomic E-state index is 12.8. The van der Waals surface area contributed by atoms with Crippen LogP contribution in [0.25, 0.3) is 43.1 Å². The lowest BCUT2D eigenvalue weighted by atomic mass is 10.0. The molecule has 0 heterocycles. The summed E-state index contributed by atoms with van der Waals surface area (Å²) in [6.45, 7) is 3.85. The Morgan fingerprint density at radius 1 is 0.460 bits per heavy atom. The summed E-state index contributed by atoms with van der Waals surface area (Å²) in [7, 11) is 0. The number of hydrogen-bond acceptors (Lipinski definition) is 6. The van der Waals surface area contributed by atoms with Gasteiger partial charge in [0.15, 0.2) is 0 Å². The molecule has 2 N–H and O–H groups in total. The van der Waals surface area contributed by atoms with E-state index in [1.165, 1.54) is 0 Å². The zero-order valence-electron chi connectivity index (χ0n) is 27.7. The molecule has 0 radical (unpaired) electrons. The van der Waals surface area contributed by atoms with Crippen molar-refractivity contribution in [1.29, 1.82) is 0 Å². The summed E-state index contributed by atoms with van der Waals surface area (Å²) in [5.74, 6) is 1.32. The van der Waals surface area contributed by atoms with Crippen LogP contribution in [0.1, 0.15) is 13.8 Å². The van der Waals surface area contributed by atoms with Crippen LogP contribution in [-0.2, 0) is 9.47 Å². The van der Waals surface area contributed by atoms with Gasteiger partial charge in [-0.1, -0.05) is 121 Å². The van der Waals surface area contributed by atoms with Crippen molar-refractivity contribution < 1.29 is 28.5 Å². The third-order valence-corrected chi connectivity index (χ3v) is 8.43. The van der Waals surface area contributed by atoms with Crippen LogP contribution in [0.4, 0.5) is 21.0 Å². The fourth-order valence-electron chi connectivity index (χ4n) is 6.14. The third-order valence-electron chi connectivity index (χ3n) is 8.43. The van der Waals surface area contributed by atoms with Crippen molar-refractivity contribution in [2.45, 2.75) is 26.1 Å². The Balaban J connectivity index is 1.03. The van der Waals surface area contributed by atoms with Gasteiger partial charge in [0, 0.05) is 32.3 Å². The number of nitrogens with one attached hydrogen (secondary N) is 2. The molecule has 50 heavy (non-hydrogen) atoms. The Bertz CT molecular complexity index is 2110. The summed E-state index contributed by atoms with van der Waals surface area (Å²) in [6, 6.07) is 42.8. The van der Waals surface area contributed by atoms with Gasteiger partial charge in [-0.2, -0.15) is 0 Å². The molecule has 0 saturated heterocycles. The predicted molar refractivity (Wildman–Crippen MR) is 199 cm³/mol. The molecule has 0 aliphatic rings. The molecule has 0 spiro atoms. The lowest BCUT2D eigenvalue weighted by molar-refractivity contribution is 0.0854. The van der Waals surface area contributed by atoms with E-state index in [1.54, 1.807) is 13.8 Å². The Labute approximate surface area is 289 Å². The van der Waals surface area contributed by atoms with Gasteiger partial charge in [-0.25, -0.2) is 9.59 Å². The quantitative estimate of drug-likeness (QED) is 0.141. The molecule has 0 aromatic heterocycles. The zero-order valence-corrected chi connectivity index (χ0v) is 27.7. The second kappa shape index (κ2) is 14.5. The molecule has 2 unspecified atom stereocenters. The third kappa shape index (κ3) is 6.96. The van der Waals surface area contributed by atoms with E-state index < -0.39 is 24.4 Å². The Kier molecular flexibility index (Phi) is 9.33. The first-order valence-corrected chi connectivity index (χ1v) is 16.5. The van der Waals surface area contributed by atoms with Crippen LogP contribution in [0.2, 0.25) is 0 Å². The maximum atomic E-state index is 12.8. The standard InChI is InChI=1S/C42H36N2O6/c1-27(49-41(45)43-37-23-11-15-29-13-3-5-17-31(29)37)25-47-39-33-19-7-9-21-35(33)40(36-22-10-8-20-34(36)39)48-26-28(2)50-42(46)44-38-24-12-16-30-14-4-6-18-32(30)38/h3-24,27-28H,25-26H2,1-2H3,(H,43,45)(H,44,46). The minimum Gasteiger partial charge on any atom is -0.488 e.